The molecular formula is C37H47Cl2N5O2S. The number of halogens is 2. The number of carbonyl (C=O) groups is 1. The zero-order chi connectivity index (χ0) is 34.0. The van der Waals surface area contributed by atoms with Crippen molar-refractivity contribution < 1.29 is 9.53 Å². The van der Waals surface area contributed by atoms with Crippen molar-refractivity contribution in [1.82, 2.24) is 19.8 Å². The summed E-state index contributed by atoms with van der Waals surface area (Å²) in [5.41, 5.74) is 0.206. The predicted molar refractivity (Wildman–Crippen MR) is 195 cm³/mol. The van der Waals surface area contributed by atoms with Crippen LogP contribution in [0, 0.1) is 5.92 Å². The van der Waals surface area contributed by atoms with E-state index < -0.39 is 11.1 Å². The standard InChI is InChI=1S/C37H47Cl2N5O2S/c1-8-46-32-30(24-40-33(41-32)35(2,3)4)31-42-36(5,26-11-15-28(38)16-12-26)37(6,27-13-17-29(39)18-14-27)44(31)34(45)43-21-19-25(20-22-43)10-9-23-47-7/h11-18,24-25H,8-10,19-23H2,1-7H3. The number of hydrogen-bond acceptors (Lipinski definition) is 6. The molecule has 1 fully saturated rings. The summed E-state index contributed by atoms with van der Waals surface area (Å²) in [6, 6.07) is 15.4. The molecule has 2 atom stereocenters. The number of rotatable bonds is 9. The van der Waals surface area contributed by atoms with Gasteiger partial charge in [0.15, 0.2) is 0 Å². The lowest BCUT2D eigenvalue weighted by Gasteiger charge is -2.47. The van der Waals surface area contributed by atoms with Crippen LogP contribution in [0.1, 0.15) is 89.7 Å². The molecule has 3 aromatic rings. The molecule has 7 nitrogen and oxygen atoms in total. The number of amides is 2. The van der Waals surface area contributed by atoms with Crippen LogP contribution in [0.15, 0.2) is 59.7 Å². The van der Waals surface area contributed by atoms with E-state index in [-0.39, 0.29) is 11.4 Å². The van der Waals surface area contributed by atoms with Crippen molar-refractivity contribution in [3.05, 3.63) is 87.3 Å². The molecule has 1 saturated heterocycles. The number of hydrogen-bond donors (Lipinski definition) is 0. The monoisotopic (exact) mass is 695 g/mol. The number of carbonyl (C=O) groups excluding carboxylic acids is 1. The molecule has 0 saturated carbocycles. The van der Waals surface area contributed by atoms with E-state index in [1.54, 1.807) is 6.20 Å². The van der Waals surface area contributed by atoms with Crippen molar-refractivity contribution in [2.45, 2.75) is 83.7 Å². The van der Waals surface area contributed by atoms with Gasteiger partial charge in [-0.3, -0.25) is 9.89 Å². The van der Waals surface area contributed by atoms with E-state index in [1.165, 1.54) is 18.6 Å². The second kappa shape index (κ2) is 14.4. The smallest absolute Gasteiger partial charge is 0.326 e. The molecule has 2 aromatic carbocycles. The topological polar surface area (TPSA) is 70.9 Å². The van der Waals surface area contributed by atoms with Gasteiger partial charge in [0.05, 0.1) is 12.2 Å². The quantitative estimate of drug-likeness (QED) is 0.209. The molecule has 0 aliphatic carbocycles. The largest absolute Gasteiger partial charge is 0.477 e. The van der Waals surface area contributed by atoms with E-state index >= 15 is 4.79 Å². The fourth-order valence-electron chi connectivity index (χ4n) is 6.77. The maximum atomic E-state index is 15.1. The summed E-state index contributed by atoms with van der Waals surface area (Å²) in [4.78, 5) is 34.2. The molecule has 0 N–H and O–H groups in total. The molecule has 2 amide bonds. The number of likely N-dealkylation sites (tertiary alicyclic amines) is 1. The summed E-state index contributed by atoms with van der Waals surface area (Å²) in [6.45, 7) is 14.1. The molecule has 47 heavy (non-hydrogen) atoms. The highest BCUT2D eigenvalue weighted by atomic mass is 35.5. The third-order valence-electron chi connectivity index (χ3n) is 9.73. The van der Waals surface area contributed by atoms with Crippen LogP contribution in [0.5, 0.6) is 5.88 Å². The zero-order valence-electron chi connectivity index (χ0n) is 28.6. The van der Waals surface area contributed by atoms with Gasteiger partial charge in [-0.05, 0) is 99.8 Å². The Kier molecular flexibility index (Phi) is 10.8. The number of aliphatic imine (C=N–C) groups is 1. The molecule has 252 valence electrons. The van der Waals surface area contributed by atoms with Gasteiger partial charge in [0.25, 0.3) is 0 Å². The lowest BCUT2D eigenvalue weighted by Crippen LogP contribution is -2.59. The van der Waals surface area contributed by atoms with Gasteiger partial charge in [0.2, 0.25) is 5.88 Å². The average molecular weight is 697 g/mol. The van der Waals surface area contributed by atoms with Gasteiger partial charge in [0, 0.05) is 34.7 Å². The summed E-state index contributed by atoms with van der Waals surface area (Å²) in [5.74, 6) is 3.35. The number of nitrogens with zero attached hydrogens (tertiary/aromatic N) is 5. The van der Waals surface area contributed by atoms with Crippen molar-refractivity contribution in [3.63, 3.8) is 0 Å². The number of ether oxygens (including phenoxy) is 1. The van der Waals surface area contributed by atoms with Gasteiger partial charge in [-0.1, -0.05) is 68.2 Å². The number of urea groups is 1. The third kappa shape index (κ3) is 7.02. The van der Waals surface area contributed by atoms with E-state index in [0.29, 0.717) is 58.8 Å². The minimum absolute atomic E-state index is 0.0937. The first-order chi connectivity index (χ1) is 22.3. The van der Waals surface area contributed by atoms with E-state index in [2.05, 4.69) is 40.9 Å². The minimum Gasteiger partial charge on any atom is -0.477 e. The van der Waals surface area contributed by atoms with Crippen molar-refractivity contribution >= 4 is 46.8 Å². The fourth-order valence-corrected chi connectivity index (χ4v) is 7.47. The summed E-state index contributed by atoms with van der Waals surface area (Å²) in [6.07, 6.45) is 8.31. The number of thioether (sulfide) groups is 1. The molecule has 3 heterocycles. The first-order valence-electron chi connectivity index (χ1n) is 16.5. The van der Waals surface area contributed by atoms with E-state index in [9.17, 15) is 0 Å². The number of amidine groups is 1. The van der Waals surface area contributed by atoms with Gasteiger partial charge >= 0.3 is 6.03 Å². The molecule has 5 rings (SSSR count). The molecule has 0 spiro atoms. The number of aromatic nitrogens is 2. The second-order valence-electron chi connectivity index (χ2n) is 13.9. The van der Waals surface area contributed by atoms with E-state index in [4.69, 9.17) is 42.9 Å². The Morgan fingerprint density at radius 3 is 2.15 bits per heavy atom. The highest BCUT2D eigenvalue weighted by Crippen LogP contribution is 2.54. The SMILES string of the molecule is CCOc1nc(C(C)(C)C)ncc1C1=NC(C)(c2ccc(Cl)cc2)C(C)(c2ccc(Cl)cc2)N1C(=O)N1CCC(CCCSC)CC1. The number of benzene rings is 2. The van der Waals surface area contributed by atoms with Gasteiger partial charge < -0.3 is 9.64 Å². The van der Waals surface area contributed by atoms with Gasteiger partial charge in [-0.25, -0.2) is 9.78 Å². The first-order valence-corrected chi connectivity index (χ1v) is 18.7. The van der Waals surface area contributed by atoms with Crippen LogP contribution >= 0.6 is 35.0 Å². The number of piperidine rings is 1. The fraction of sp³-hybridized carbons (Fsp3) is 0.514. The van der Waals surface area contributed by atoms with Crippen molar-refractivity contribution in [2.24, 2.45) is 10.9 Å². The average Bonchev–Trinajstić information content (AvgIpc) is 3.29. The molecule has 2 unspecified atom stereocenters. The Balaban J connectivity index is 1.69. The normalized spacial score (nSPS) is 22.0. The Morgan fingerprint density at radius 1 is 1.00 bits per heavy atom. The maximum Gasteiger partial charge on any atom is 0.326 e. The van der Waals surface area contributed by atoms with Gasteiger partial charge in [0.1, 0.15) is 22.7 Å². The van der Waals surface area contributed by atoms with Crippen molar-refractivity contribution in [3.8, 4) is 5.88 Å². The van der Waals surface area contributed by atoms with Crippen LogP contribution < -0.4 is 4.74 Å². The lowest BCUT2D eigenvalue weighted by molar-refractivity contribution is 0.0959. The Morgan fingerprint density at radius 2 is 1.60 bits per heavy atom. The Hall–Kier alpha value is -2.81. The molecule has 10 heteroatoms. The Bertz CT molecular complexity index is 1590. The van der Waals surface area contributed by atoms with Crippen LogP contribution in [0.3, 0.4) is 0 Å². The molecule has 1 aromatic heterocycles. The minimum atomic E-state index is -0.973. The summed E-state index contributed by atoms with van der Waals surface area (Å²) >= 11 is 14.7. The molecule has 2 aliphatic heterocycles. The Labute approximate surface area is 294 Å². The van der Waals surface area contributed by atoms with Gasteiger partial charge in [-0.2, -0.15) is 16.7 Å². The molecule has 0 bridgehead atoms. The lowest BCUT2D eigenvalue weighted by atomic mass is 9.71. The third-order valence-corrected chi connectivity index (χ3v) is 10.9. The van der Waals surface area contributed by atoms with Crippen LogP contribution in [0.2, 0.25) is 10.0 Å². The molecular weight excluding hydrogens is 649 g/mol. The van der Waals surface area contributed by atoms with Crippen LogP contribution in [0.4, 0.5) is 4.79 Å². The maximum absolute atomic E-state index is 15.1. The van der Waals surface area contributed by atoms with Gasteiger partial charge in [-0.15, -0.1) is 0 Å². The van der Waals surface area contributed by atoms with Crippen molar-refractivity contribution in [2.75, 3.05) is 31.7 Å². The second-order valence-corrected chi connectivity index (χ2v) is 15.7. The summed E-state index contributed by atoms with van der Waals surface area (Å²) in [7, 11) is 0. The summed E-state index contributed by atoms with van der Waals surface area (Å²) in [5, 5.41) is 1.25. The van der Waals surface area contributed by atoms with Crippen LogP contribution in [0.25, 0.3) is 0 Å². The summed E-state index contributed by atoms with van der Waals surface area (Å²) < 4.78 is 6.18. The van der Waals surface area contributed by atoms with Crippen LogP contribution in [-0.4, -0.2) is 63.3 Å². The van der Waals surface area contributed by atoms with E-state index in [0.717, 1.165) is 24.0 Å². The predicted octanol–water partition coefficient (Wildman–Crippen LogP) is 9.35. The zero-order valence-corrected chi connectivity index (χ0v) is 31.0. The van der Waals surface area contributed by atoms with Crippen LogP contribution in [-0.2, 0) is 16.5 Å². The highest BCUT2D eigenvalue weighted by molar-refractivity contribution is 7.98. The first kappa shape index (κ1) is 35.5. The van der Waals surface area contributed by atoms with E-state index in [1.807, 2.05) is 77.0 Å². The highest BCUT2D eigenvalue weighted by Gasteiger charge is 2.60. The van der Waals surface area contributed by atoms with Crippen molar-refractivity contribution in [1.29, 1.82) is 0 Å². The molecule has 2 aliphatic rings. The molecule has 0 radical (unpaired) electrons.